The SMILES string of the molecule is CCCCNC(=O)c1ccc(Nc2cccc(F)c2)nn1. The number of anilines is 2. The van der Waals surface area contributed by atoms with Crippen LogP contribution in [0.3, 0.4) is 0 Å². The molecule has 1 heterocycles. The Morgan fingerprint density at radius 3 is 2.76 bits per heavy atom. The van der Waals surface area contributed by atoms with Gasteiger partial charge in [-0.1, -0.05) is 19.4 Å². The molecule has 0 saturated heterocycles. The van der Waals surface area contributed by atoms with Gasteiger partial charge in [0.15, 0.2) is 11.5 Å². The van der Waals surface area contributed by atoms with Crippen molar-refractivity contribution in [2.24, 2.45) is 0 Å². The summed E-state index contributed by atoms with van der Waals surface area (Å²) in [6.07, 6.45) is 1.95. The van der Waals surface area contributed by atoms with Gasteiger partial charge in [0.2, 0.25) is 0 Å². The lowest BCUT2D eigenvalue weighted by Crippen LogP contribution is -2.25. The number of amides is 1. The van der Waals surface area contributed by atoms with Gasteiger partial charge in [0.25, 0.3) is 5.91 Å². The first-order valence-electron chi connectivity index (χ1n) is 6.83. The lowest BCUT2D eigenvalue weighted by molar-refractivity contribution is 0.0947. The smallest absolute Gasteiger partial charge is 0.271 e. The molecule has 1 amide bonds. The Morgan fingerprint density at radius 1 is 1.24 bits per heavy atom. The molecule has 0 aliphatic carbocycles. The van der Waals surface area contributed by atoms with Crippen LogP contribution in [0.25, 0.3) is 0 Å². The van der Waals surface area contributed by atoms with Crippen LogP contribution >= 0.6 is 0 Å². The first-order chi connectivity index (χ1) is 10.2. The Hall–Kier alpha value is -2.50. The molecule has 2 rings (SSSR count). The molecule has 2 aromatic rings. The summed E-state index contributed by atoms with van der Waals surface area (Å²) in [5, 5.41) is 13.4. The maximum absolute atomic E-state index is 13.1. The fourth-order valence-electron chi connectivity index (χ4n) is 1.70. The highest BCUT2D eigenvalue weighted by atomic mass is 19.1. The van der Waals surface area contributed by atoms with E-state index in [0.29, 0.717) is 18.1 Å². The Balaban J connectivity index is 1.97. The molecule has 1 aromatic carbocycles. The molecule has 21 heavy (non-hydrogen) atoms. The first-order valence-corrected chi connectivity index (χ1v) is 6.83. The van der Waals surface area contributed by atoms with Gasteiger partial charge in [-0.05, 0) is 36.8 Å². The summed E-state index contributed by atoms with van der Waals surface area (Å²) >= 11 is 0. The average Bonchev–Trinajstić information content (AvgIpc) is 2.48. The van der Waals surface area contributed by atoms with Crippen LogP contribution in [-0.4, -0.2) is 22.6 Å². The molecule has 6 heteroatoms. The summed E-state index contributed by atoms with van der Waals surface area (Å²) in [4.78, 5) is 11.8. The lowest BCUT2D eigenvalue weighted by Gasteiger charge is -2.06. The predicted molar refractivity (Wildman–Crippen MR) is 79.0 cm³/mol. The van der Waals surface area contributed by atoms with Crippen molar-refractivity contribution in [3.05, 3.63) is 47.9 Å². The van der Waals surface area contributed by atoms with Crippen molar-refractivity contribution in [1.82, 2.24) is 15.5 Å². The van der Waals surface area contributed by atoms with E-state index in [1.165, 1.54) is 12.1 Å². The summed E-state index contributed by atoms with van der Waals surface area (Å²) in [5.41, 5.74) is 0.834. The molecule has 0 spiro atoms. The van der Waals surface area contributed by atoms with Crippen molar-refractivity contribution < 1.29 is 9.18 Å². The number of unbranched alkanes of at least 4 members (excludes halogenated alkanes) is 1. The number of carbonyl (C=O) groups excluding carboxylic acids is 1. The highest BCUT2D eigenvalue weighted by Crippen LogP contribution is 2.14. The summed E-state index contributed by atoms with van der Waals surface area (Å²) < 4.78 is 13.1. The van der Waals surface area contributed by atoms with Crippen LogP contribution in [0.1, 0.15) is 30.3 Å². The fourth-order valence-corrected chi connectivity index (χ4v) is 1.70. The number of rotatable bonds is 6. The number of nitrogens with one attached hydrogen (secondary N) is 2. The Kier molecular flexibility index (Phi) is 5.20. The Bertz CT molecular complexity index is 601. The first kappa shape index (κ1) is 14.9. The second kappa shape index (κ2) is 7.33. The minimum Gasteiger partial charge on any atom is -0.351 e. The van der Waals surface area contributed by atoms with Crippen LogP contribution in [-0.2, 0) is 0 Å². The Morgan fingerprint density at radius 2 is 2.10 bits per heavy atom. The van der Waals surface area contributed by atoms with Gasteiger partial charge in [0.05, 0.1) is 0 Å². The predicted octanol–water partition coefficient (Wildman–Crippen LogP) is 2.89. The van der Waals surface area contributed by atoms with E-state index in [4.69, 9.17) is 0 Å². The van der Waals surface area contributed by atoms with Crippen molar-refractivity contribution in [1.29, 1.82) is 0 Å². The van der Waals surface area contributed by atoms with Gasteiger partial charge in [0.1, 0.15) is 5.82 Å². The zero-order valence-electron chi connectivity index (χ0n) is 11.8. The molecular weight excluding hydrogens is 271 g/mol. The lowest BCUT2D eigenvalue weighted by atomic mass is 10.3. The second-order valence-corrected chi connectivity index (χ2v) is 4.55. The van der Waals surface area contributed by atoms with Crippen LogP contribution in [0.4, 0.5) is 15.9 Å². The maximum atomic E-state index is 13.1. The van der Waals surface area contributed by atoms with Crippen LogP contribution in [0, 0.1) is 5.82 Å². The third kappa shape index (κ3) is 4.52. The molecule has 0 fully saturated rings. The van der Waals surface area contributed by atoms with E-state index < -0.39 is 0 Å². The molecule has 0 aliphatic rings. The van der Waals surface area contributed by atoms with E-state index in [1.54, 1.807) is 24.3 Å². The molecule has 2 N–H and O–H groups in total. The number of nitrogens with zero attached hydrogens (tertiary/aromatic N) is 2. The van der Waals surface area contributed by atoms with Crippen LogP contribution in [0.5, 0.6) is 0 Å². The van der Waals surface area contributed by atoms with Gasteiger partial charge in [-0.25, -0.2) is 4.39 Å². The topological polar surface area (TPSA) is 66.9 Å². The summed E-state index contributed by atoms with van der Waals surface area (Å²) in [7, 11) is 0. The number of hydrogen-bond acceptors (Lipinski definition) is 4. The highest BCUT2D eigenvalue weighted by molar-refractivity contribution is 5.92. The largest absolute Gasteiger partial charge is 0.351 e. The average molecular weight is 288 g/mol. The minimum atomic E-state index is -0.333. The van der Waals surface area contributed by atoms with Gasteiger partial charge < -0.3 is 10.6 Å². The van der Waals surface area contributed by atoms with Crippen molar-refractivity contribution in [3.8, 4) is 0 Å². The summed E-state index contributed by atoms with van der Waals surface area (Å²) in [5.74, 6) is -0.126. The normalized spacial score (nSPS) is 10.2. The van der Waals surface area contributed by atoms with Crippen LogP contribution < -0.4 is 10.6 Å². The maximum Gasteiger partial charge on any atom is 0.271 e. The van der Waals surface area contributed by atoms with Crippen LogP contribution in [0.15, 0.2) is 36.4 Å². The molecule has 5 nitrogen and oxygen atoms in total. The van der Waals surface area contributed by atoms with E-state index >= 15 is 0 Å². The zero-order chi connectivity index (χ0) is 15.1. The van der Waals surface area contributed by atoms with Crippen LogP contribution in [0.2, 0.25) is 0 Å². The highest BCUT2D eigenvalue weighted by Gasteiger charge is 2.07. The molecule has 110 valence electrons. The van der Waals surface area contributed by atoms with E-state index in [-0.39, 0.29) is 17.4 Å². The minimum absolute atomic E-state index is 0.242. The van der Waals surface area contributed by atoms with E-state index in [0.717, 1.165) is 12.8 Å². The van der Waals surface area contributed by atoms with Gasteiger partial charge in [-0.15, -0.1) is 10.2 Å². The molecule has 0 radical (unpaired) electrons. The molecule has 0 unspecified atom stereocenters. The van der Waals surface area contributed by atoms with Crippen molar-refractivity contribution in [2.75, 3.05) is 11.9 Å². The van der Waals surface area contributed by atoms with E-state index in [9.17, 15) is 9.18 Å². The van der Waals surface area contributed by atoms with Crippen molar-refractivity contribution >= 4 is 17.4 Å². The summed E-state index contributed by atoms with van der Waals surface area (Å²) in [6.45, 7) is 2.68. The molecule has 0 bridgehead atoms. The van der Waals surface area contributed by atoms with Gasteiger partial charge >= 0.3 is 0 Å². The summed E-state index contributed by atoms with van der Waals surface area (Å²) in [6, 6.07) is 9.24. The van der Waals surface area contributed by atoms with Gasteiger partial charge in [0, 0.05) is 12.2 Å². The number of aromatic nitrogens is 2. The zero-order valence-corrected chi connectivity index (χ0v) is 11.8. The standard InChI is InChI=1S/C15H17FN4O/c1-2-3-9-17-15(21)13-7-8-14(20-19-13)18-12-6-4-5-11(16)10-12/h4-8,10H,2-3,9H2,1H3,(H,17,21)(H,18,20). The monoisotopic (exact) mass is 288 g/mol. The molecule has 0 aliphatic heterocycles. The third-order valence-electron chi connectivity index (χ3n) is 2.81. The van der Waals surface area contributed by atoms with E-state index in [1.807, 2.05) is 0 Å². The molecular formula is C15H17FN4O. The van der Waals surface area contributed by atoms with Crippen molar-refractivity contribution in [2.45, 2.75) is 19.8 Å². The van der Waals surface area contributed by atoms with Crippen molar-refractivity contribution in [3.63, 3.8) is 0 Å². The number of halogens is 1. The number of benzene rings is 1. The quantitative estimate of drug-likeness (QED) is 0.802. The number of carbonyl (C=O) groups is 1. The number of hydrogen-bond donors (Lipinski definition) is 2. The third-order valence-corrected chi connectivity index (χ3v) is 2.81. The fraction of sp³-hybridized carbons (Fsp3) is 0.267. The second-order valence-electron chi connectivity index (χ2n) is 4.55. The molecule has 1 aromatic heterocycles. The molecule has 0 saturated carbocycles. The van der Waals surface area contributed by atoms with Gasteiger partial charge in [-0.2, -0.15) is 0 Å². The Labute approximate surface area is 122 Å². The van der Waals surface area contributed by atoms with Gasteiger partial charge in [-0.3, -0.25) is 4.79 Å². The molecule has 0 atom stereocenters. The van der Waals surface area contributed by atoms with E-state index in [2.05, 4.69) is 27.8 Å².